The molecular formula is C21H33N3O3. The normalized spacial score (nSPS) is 17.8. The lowest BCUT2D eigenvalue weighted by atomic mass is 9.85. The average Bonchev–Trinajstić information content (AvgIpc) is 2.68. The van der Waals surface area contributed by atoms with Crippen LogP contribution in [0.4, 0.5) is 5.69 Å². The highest BCUT2D eigenvalue weighted by molar-refractivity contribution is 5.91. The van der Waals surface area contributed by atoms with Crippen molar-refractivity contribution in [3.8, 4) is 5.75 Å². The number of hydrogen-bond acceptors (Lipinski definition) is 4. The minimum atomic E-state index is -0.0376. The zero-order valence-electron chi connectivity index (χ0n) is 16.8. The summed E-state index contributed by atoms with van der Waals surface area (Å²) in [5.41, 5.74) is 0.696. The number of hydrogen-bond donors (Lipinski definition) is 2. The third-order valence-electron chi connectivity index (χ3n) is 5.24. The predicted octanol–water partition coefficient (Wildman–Crippen LogP) is 2.90. The largest absolute Gasteiger partial charge is 0.484 e. The molecule has 0 aromatic heterocycles. The number of carbonyl (C=O) groups excluding carboxylic acids is 2. The van der Waals surface area contributed by atoms with Crippen molar-refractivity contribution in [1.29, 1.82) is 0 Å². The average molecular weight is 376 g/mol. The fourth-order valence-electron chi connectivity index (χ4n) is 3.51. The summed E-state index contributed by atoms with van der Waals surface area (Å²) < 4.78 is 5.60. The van der Waals surface area contributed by atoms with Crippen molar-refractivity contribution in [3.63, 3.8) is 0 Å². The first-order valence-corrected chi connectivity index (χ1v) is 10.0. The number of nitrogens with zero attached hydrogens (tertiary/aromatic N) is 1. The zero-order chi connectivity index (χ0) is 19.6. The summed E-state index contributed by atoms with van der Waals surface area (Å²) in [6.07, 6.45) is 2.88. The third-order valence-corrected chi connectivity index (χ3v) is 5.24. The first-order chi connectivity index (χ1) is 13.0. The van der Waals surface area contributed by atoms with Crippen LogP contribution in [0.15, 0.2) is 24.3 Å². The van der Waals surface area contributed by atoms with Gasteiger partial charge in [0.25, 0.3) is 5.91 Å². The van der Waals surface area contributed by atoms with Gasteiger partial charge in [0, 0.05) is 31.3 Å². The Hall–Kier alpha value is -2.08. The number of nitrogens with one attached hydrogen (secondary N) is 2. The van der Waals surface area contributed by atoms with Crippen LogP contribution in [0.1, 0.15) is 40.0 Å². The zero-order valence-corrected chi connectivity index (χ0v) is 16.8. The Bertz CT molecular complexity index is 610. The van der Waals surface area contributed by atoms with Gasteiger partial charge in [-0.05, 0) is 63.7 Å². The molecule has 2 N–H and O–H groups in total. The summed E-state index contributed by atoms with van der Waals surface area (Å²) in [4.78, 5) is 26.1. The highest BCUT2D eigenvalue weighted by atomic mass is 16.5. The Morgan fingerprint density at radius 2 is 2.11 bits per heavy atom. The molecule has 0 radical (unpaired) electrons. The monoisotopic (exact) mass is 375 g/mol. The first kappa shape index (κ1) is 21.2. The van der Waals surface area contributed by atoms with Crippen molar-refractivity contribution in [2.45, 2.75) is 40.0 Å². The van der Waals surface area contributed by atoms with E-state index in [0.29, 0.717) is 42.8 Å². The standard InChI is InChI=1S/C21H33N3O3/c1-4-24(5-2)21(26)15-27-19-10-6-9-18(13-19)23-20(25)12-16(3)17-8-7-11-22-14-17/h6,9-10,13,16-17,22H,4-5,7-8,11-12,14-15H2,1-3H3,(H,23,25). The third kappa shape index (κ3) is 6.86. The van der Waals surface area contributed by atoms with E-state index in [1.807, 2.05) is 26.0 Å². The molecule has 0 spiro atoms. The molecule has 2 rings (SSSR count). The second kappa shape index (κ2) is 10.9. The van der Waals surface area contributed by atoms with E-state index < -0.39 is 0 Å². The van der Waals surface area contributed by atoms with Crippen molar-refractivity contribution < 1.29 is 14.3 Å². The summed E-state index contributed by atoms with van der Waals surface area (Å²) in [5, 5.41) is 6.36. The van der Waals surface area contributed by atoms with Crippen molar-refractivity contribution in [3.05, 3.63) is 24.3 Å². The van der Waals surface area contributed by atoms with Gasteiger partial charge in [-0.2, -0.15) is 0 Å². The van der Waals surface area contributed by atoms with Gasteiger partial charge in [-0.15, -0.1) is 0 Å². The Morgan fingerprint density at radius 3 is 2.78 bits per heavy atom. The lowest BCUT2D eigenvalue weighted by molar-refractivity contribution is -0.133. The summed E-state index contributed by atoms with van der Waals surface area (Å²) in [5.74, 6) is 1.47. The molecule has 1 aliphatic rings. The van der Waals surface area contributed by atoms with Crippen LogP contribution in [-0.2, 0) is 9.59 Å². The number of carbonyl (C=O) groups is 2. The van der Waals surface area contributed by atoms with Crippen LogP contribution in [-0.4, -0.2) is 49.5 Å². The van der Waals surface area contributed by atoms with Crippen LogP contribution in [0.3, 0.4) is 0 Å². The van der Waals surface area contributed by atoms with Gasteiger partial charge in [-0.3, -0.25) is 9.59 Å². The molecule has 2 atom stereocenters. The highest BCUT2D eigenvalue weighted by Crippen LogP contribution is 2.23. The molecule has 0 saturated carbocycles. The molecule has 2 amide bonds. The molecule has 6 heteroatoms. The Morgan fingerprint density at radius 1 is 1.33 bits per heavy atom. The second-order valence-electron chi connectivity index (χ2n) is 7.22. The van der Waals surface area contributed by atoms with E-state index in [9.17, 15) is 9.59 Å². The second-order valence-corrected chi connectivity index (χ2v) is 7.22. The van der Waals surface area contributed by atoms with E-state index in [1.165, 1.54) is 12.8 Å². The van der Waals surface area contributed by atoms with E-state index in [4.69, 9.17) is 4.74 Å². The molecule has 1 heterocycles. The quantitative estimate of drug-likeness (QED) is 0.696. The van der Waals surface area contributed by atoms with Crippen molar-refractivity contribution in [2.24, 2.45) is 11.8 Å². The Kier molecular flexibility index (Phi) is 8.58. The van der Waals surface area contributed by atoms with Crippen molar-refractivity contribution in [2.75, 3.05) is 38.1 Å². The summed E-state index contributed by atoms with van der Waals surface area (Å²) in [6, 6.07) is 7.22. The van der Waals surface area contributed by atoms with E-state index in [2.05, 4.69) is 17.6 Å². The molecule has 150 valence electrons. The Balaban J connectivity index is 1.83. The van der Waals surface area contributed by atoms with Crippen LogP contribution < -0.4 is 15.4 Å². The molecule has 1 fully saturated rings. The molecule has 1 saturated heterocycles. The van der Waals surface area contributed by atoms with E-state index >= 15 is 0 Å². The van der Waals surface area contributed by atoms with E-state index in [-0.39, 0.29) is 18.4 Å². The van der Waals surface area contributed by atoms with Crippen LogP contribution in [0.5, 0.6) is 5.75 Å². The molecule has 6 nitrogen and oxygen atoms in total. The number of rotatable bonds is 9. The maximum Gasteiger partial charge on any atom is 0.260 e. The van der Waals surface area contributed by atoms with Gasteiger partial charge in [0.05, 0.1) is 0 Å². The summed E-state index contributed by atoms with van der Waals surface area (Å²) >= 11 is 0. The van der Waals surface area contributed by atoms with Crippen molar-refractivity contribution >= 4 is 17.5 Å². The molecule has 1 aromatic rings. The van der Waals surface area contributed by atoms with E-state index in [1.54, 1.807) is 17.0 Å². The molecule has 0 aliphatic carbocycles. The van der Waals surface area contributed by atoms with Gasteiger partial charge in [0.2, 0.25) is 5.91 Å². The van der Waals surface area contributed by atoms with Crippen LogP contribution in [0, 0.1) is 11.8 Å². The molecule has 27 heavy (non-hydrogen) atoms. The fraction of sp³-hybridized carbons (Fsp3) is 0.619. The van der Waals surface area contributed by atoms with Gasteiger partial charge in [0.15, 0.2) is 6.61 Å². The van der Waals surface area contributed by atoms with Crippen LogP contribution in [0.25, 0.3) is 0 Å². The fourth-order valence-corrected chi connectivity index (χ4v) is 3.51. The molecular weight excluding hydrogens is 342 g/mol. The predicted molar refractivity (Wildman–Crippen MR) is 108 cm³/mol. The lowest BCUT2D eigenvalue weighted by Crippen LogP contribution is -2.34. The number of amides is 2. The molecule has 1 aromatic carbocycles. The summed E-state index contributed by atoms with van der Waals surface area (Å²) in [6.45, 7) is 9.47. The van der Waals surface area contributed by atoms with Crippen LogP contribution in [0.2, 0.25) is 0 Å². The van der Waals surface area contributed by atoms with E-state index in [0.717, 1.165) is 13.1 Å². The highest BCUT2D eigenvalue weighted by Gasteiger charge is 2.22. The number of likely N-dealkylation sites (N-methyl/N-ethyl adjacent to an activating group) is 1. The minimum Gasteiger partial charge on any atom is -0.484 e. The van der Waals surface area contributed by atoms with Gasteiger partial charge in [0.1, 0.15) is 5.75 Å². The number of anilines is 1. The first-order valence-electron chi connectivity index (χ1n) is 10.0. The number of benzene rings is 1. The lowest BCUT2D eigenvalue weighted by Gasteiger charge is -2.28. The van der Waals surface area contributed by atoms with Gasteiger partial charge < -0.3 is 20.3 Å². The smallest absolute Gasteiger partial charge is 0.260 e. The van der Waals surface area contributed by atoms with Crippen LogP contribution >= 0.6 is 0 Å². The molecule has 2 unspecified atom stereocenters. The molecule has 0 bridgehead atoms. The number of piperidine rings is 1. The number of ether oxygens (including phenoxy) is 1. The van der Waals surface area contributed by atoms with Crippen molar-refractivity contribution in [1.82, 2.24) is 10.2 Å². The minimum absolute atomic E-state index is 0.00476. The maximum absolute atomic E-state index is 12.4. The SMILES string of the molecule is CCN(CC)C(=O)COc1cccc(NC(=O)CC(C)C2CCCNC2)c1. The van der Waals surface area contributed by atoms with Gasteiger partial charge >= 0.3 is 0 Å². The topological polar surface area (TPSA) is 70.7 Å². The maximum atomic E-state index is 12.4. The summed E-state index contributed by atoms with van der Waals surface area (Å²) in [7, 11) is 0. The Labute approximate surface area is 162 Å². The molecule has 1 aliphatic heterocycles. The van der Waals surface area contributed by atoms with Gasteiger partial charge in [-0.1, -0.05) is 13.0 Å². The van der Waals surface area contributed by atoms with Gasteiger partial charge in [-0.25, -0.2) is 0 Å².